The molecule has 1 aliphatic rings. The molecule has 0 N–H and O–H groups in total. The SMILES string of the molecule is COc1cc(/C=C2/SC(=O)N(c3ccc(Cl)cc3)C2=O)cc(I)c1OC. The number of thioether (sulfide) groups is 1. The first-order valence-electron chi connectivity index (χ1n) is 7.39. The van der Waals surface area contributed by atoms with Crippen molar-refractivity contribution in [1.29, 1.82) is 0 Å². The summed E-state index contributed by atoms with van der Waals surface area (Å²) < 4.78 is 11.5. The number of halogens is 2. The highest BCUT2D eigenvalue weighted by atomic mass is 127. The summed E-state index contributed by atoms with van der Waals surface area (Å²) >= 11 is 8.89. The molecule has 1 saturated heterocycles. The molecule has 1 heterocycles. The number of amides is 2. The number of rotatable bonds is 4. The second kappa shape index (κ2) is 7.89. The lowest BCUT2D eigenvalue weighted by molar-refractivity contribution is -0.113. The van der Waals surface area contributed by atoms with Crippen LogP contribution < -0.4 is 14.4 Å². The zero-order valence-electron chi connectivity index (χ0n) is 13.8. The molecule has 2 amide bonds. The van der Waals surface area contributed by atoms with Crippen molar-refractivity contribution in [2.24, 2.45) is 0 Å². The standard InChI is InChI=1S/C18H13ClINO4S/c1-24-14-8-10(7-13(20)16(14)25-2)9-15-17(22)21(18(23)26-15)12-5-3-11(19)4-6-12/h3-9H,1-2H3/b15-9+. The van der Waals surface area contributed by atoms with Crippen LogP contribution in [0.3, 0.4) is 0 Å². The van der Waals surface area contributed by atoms with Gasteiger partial charge < -0.3 is 9.47 Å². The minimum absolute atomic E-state index is 0.341. The summed E-state index contributed by atoms with van der Waals surface area (Å²) in [4.78, 5) is 26.5. The molecule has 0 aromatic heterocycles. The van der Waals surface area contributed by atoms with E-state index in [1.807, 2.05) is 6.07 Å². The maximum Gasteiger partial charge on any atom is 0.298 e. The molecular formula is C18H13ClINO4S. The van der Waals surface area contributed by atoms with E-state index in [9.17, 15) is 9.59 Å². The fourth-order valence-electron chi connectivity index (χ4n) is 2.45. The normalized spacial score (nSPS) is 15.7. The second-order valence-electron chi connectivity index (χ2n) is 5.23. The van der Waals surface area contributed by atoms with Crippen molar-refractivity contribution in [2.75, 3.05) is 19.1 Å². The number of carbonyl (C=O) groups is 2. The Hall–Kier alpha value is -1.71. The molecule has 0 aliphatic carbocycles. The van der Waals surface area contributed by atoms with Gasteiger partial charge in [0.05, 0.1) is 28.4 Å². The third-order valence-electron chi connectivity index (χ3n) is 3.63. The lowest BCUT2D eigenvalue weighted by Crippen LogP contribution is -2.27. The van der Waals surface area contributed by atoms with Crippen LogP contribution in [0.1, 0.15) is 5.56 Å². The fourth-order valence-corrected chi connectivity index (χ4v) is 4.27. The summed E-state index contributed by atoms with van der Waals surface area (Å²) in [6.45, 7) is 0. The maximum atomic E-state index is 12.7. The van der Waals surface area contributed by atoms with Crippen molar-refractivity contribution in [3.8, 4) is 11.5 Å². The van der Waals surface area contributed by atoms with Gasteiger partial charge in [-0.25, -0.2) is 4.90 Å². The van der Waals surface area contributed by atoms with Crippen molar-refractivity contribution < 1.29 is 19.1 Å². The van der Waals surface area contributed by atoms with Crippen molar-refractivity contribution in [3.63, 3.8) is 0 Å². The van der Waals surface area contributed by atoms with Crippen LogP contribution in [0.25, 0.3) is 6.08 Å². The van der Waals surface area contributed by atoms with Gasteiger partial charge in [0, 0.05) is 5.02 Å². The lowest BCUT2D eigenvalue weighted by Gasteiger charge is -2.12. The Morgan fingerprint density at radius 1 is 1.12 bits per heavy atom. The molecular weight excluding hydrogens is 489 g/mol. The van der Waals surface area contributed by atoms with Crippen LogP contribution in [0.4, 0.5) is 10.5 Å². The fraction of sp³-hybridized carbons (Fsp3) is 0.111. The topological polar surface area (TPSA) is 55.8 Å². The van der Waals surface area contributed by atoms with E-state index in [4.69, 9.17) is 21.1 Å². The predicted molar refractivity (Wildman–Crippen MR) is 112 cm³/mol. The molecule has 2 aromatic rings. The molecule has 3 rings (SSSR count). The molecule has 0 bridgehead atoms. The average Bonchev–Trinajstić information content (AvgIpc) is 2.89. The average molecular weight is 502 g/mol. The number of nitrogens with zero attached hydrogens (tertiary/aromatic N) is 1. The second-order valence-corrected chi connectivity index (χ2v) is 7.82. The summed E-state index contributed by atoms with van der Waals surface area (Å²) in [5, 5.41) is 0.190. The molecule has 26 heavy (non-hydrogen) atoms. The van der Waals surface area contributed by atoms with Crippen LogP contribution >= 0.6 is 46.0 Å². The Balaban J connectivity index is 1.95. The lowest BCUT2D eigenvalue weighted by atomic mass is 10.2. The van der Waals surface area contributed by atoms with E-state index in [1.165, 1.54) is 0 Å². The molecule has 0 atom stereocenters. The molecule has 5 nitrogen and oxygen atoms in total. The van der Waals surface area contributed by atoms with E-state index in [2.05, 4.69) is 22.6 Å². The van der Waals surface area contributed by atoms with Gasteiger partial charge in [-0.2, -0.15) is 0 Å². The molecule has 8 heteroatoms. The van der Waals surface area contributed by atoms with E-state index in [0.717, 1.165) is 25.8 Å². The molecule has 0 unspecified atom stereocenters. The van der Waals surface area contributed by atoms with Gasteiger partial charge in [0.15, 0.2) is 11.5 Å². The van der Waals surface area contributed by atoms with Gasteiger partial charge in [0.1, 0.15) is 0 Å². The Bertz CT molecular complexity index is 914. The van der Waals surface area contributed by atoms with E-state index in [0.29, 0.717) is 27.1 Å². The van der Waals surface area contributed by atoms with Gasteiger partial charge in [-0.05, 0) is 82.4 Å². The van der Waals surface area contributed by atoms with Crippen LogP contribution in [0.2, 0.25) is 5.02 Å². The smallest absolute Gasteiger partial charge is 0.298 e. The molecule has 2 aromatic carbocycles. The number of imide groups is 1. The van der Waals surface area contributed by atoms with Gasteiger partial charge >= 0.3 is 0 Å². The van der Waals surface area contributed by atoms with Crippen molar-refractivity contribution in [2.45, 2.75) is 0 Å². The maximum absolute atomic E-state index is 12.7. The van der Waals surface area contributed by atoms with Gasteiger partial charge in [-0.15, -0.1) is 0 Å². The third-order valence-corrected chi connectivity index (χ3v) is 5.56. The summed E-state index contributed by atoms with van der Waals surface area (Å²) in [6.07, 6.45) is 1.67. The zero-order valence-corrected chi connectivity index (χ0v) is 17.5. The van der Waals surface area contributed by atoms with Gasteiger partial charge in [-0.1, -0.05) is 11.6 Å². The molecule has 0 spiro atoms. The van der Waals surface area contributed by atoms with Gasteiger partial charge in [0.2, 0.25) is 0 Å². The number of carbonyl (C=O) groups excluding carboxylic acids is 2. The Labute approximate surface area is 173 Å². The number of hydrogen-bond donors (Lipinski definition) is 0. The summed E-state index contributed by atoms with van der Waals surface area (Å²) in [5.41, 5.74) is 1.23. The van der Waals surface area contributed by atoms with Crippen LogP contribution in [-0.4, -0.2) is 25.4 Å². The number of ether oxygens (including phenoxy) is 2. The van der Waals surface area contributed by atoms with Gasteiger partial charge in [-0.3, -0.25) is 9.59 Å². The van der Waals surface area contributed by atoms with E-state index in [1.54, 1.807) is 50.6 Å². The number of hydrogen-bond acceptors (Lipinski definition) is 5. The van der Waals surface area contributed by atoms with E-state index >= 15 is 0 Å². The molecule has 1 fully saturated rings. The molecule has 134 valence electrons. The minimum Gasteiger partial charge on any atom is -0.493 e. The van der Waals surface area contributed by atoms with Gasteiger partial charge in [0.25, 0.3) is 11.1 Å². The summed E-state index contributed by atoms with van der Waals surface area (Å²) in [6, 6.07) is 10.2. The Morgan fingerprint density at radius 3 is 2.42 bits per heavy atom. The Kier molecular flexibility index (Phi) is 5.79. The van der Waals surface area contributed by atoms with Crippen LogP contribution in [-0.2, 0) is 4.79 Å². The monoisotopic (exact) mass is 501 g/mol. The first-order valence-corrected chi connectivity index (χ1v) is 9.67. The highest BCUT2D eigenvalue weighted by Gasteiger charge is 2.36. The number of methoxy groups -OCH3 is 2. The molecule has 0 radical (unpaired) electrons. The molecule has 1 aliphatic heterocycles. The quantitative estimate of drug-likeness (QED) is 0.426. The first-order chi connectivity index (χ1) is 12.4. The van der Waals surface area contributed by atoms with E-state index in [-0.39, 0.29) is 11.1 Å². The predicted octanol–water partition coefficient (Wildman–Crippen LogP) is 5.20. The van der Waals surface area contributed by atoms with Crippen molar-refractivity contribution in [1.82, 2.24) is 0 Å². The molecule has 0 saturated carbocycles. The largest absolute Gasteiger partial charge is 0.493 e. The highest BCUT2D eigenvalue weighted by molar-refractivity contribution is 14.1. The van der Waals surface area contributed by atoms with Crippen molar-refractivity contribution >= 4 is 68.9 Å². The third kappa shape index (κ3) is 3.70. The summed E-state index contributed by atoms with van der Waals surface area (Å²) in [5.74, 6) is 0.814. The Morgan fingerprint density at radius 2 is 1.81 bits per heavy atom. The van der Waals surface area contributed by atoms with Crippen LogP contribution in [0.15, 0.2) is 41.3 Å². The van der Waals surface area contributed by atoms with E-state index < -0.39 is 0 Å². The summed E-state index contributed by atoms with van der Waals surface area (Å²) in [7, 11) is 3.11. The number of benzene rings is 2. The van der Waals surface area contributed by atoms with Crippen LogP contribution in [0.5, 0.6) is 11.5 Å². The first kappa shape index (κ1) is 19.1. The number of anilines is 1. The highest BCUT2D eigenvalue weighted by Crippen LogP contribution is 2.38. The van der Waals surface area contributed by atoms with Crippen molar-refractivity contribution in [3.05, 3.63) is 55.5 Å². The minimum atomic E-state index is -0.368. The zero-order chi connectivity index (χ0) is 18.8. The van der Waals surface area contributed by atoms with Crippen LogP contribution in [0, 0.1) is 3.57 Å².